The number of nitrogens with zero attached hydrogens (tertiary/aromatic N) is 5. The Hall–Kier alpha value is -2.37. The predicted molar refractivity (Wildman–Crippen MR) is 86.7 cm³/mol. The van der Waals surface area contributed by atoms with E-state index in [1.54, 1.807) is 18.3 Å². The fourth-order valence-corrected chi connectivity index (χ4v) is 3.24. The van der Waals surface area contributed by atoms with E-state index >= 15 is 0 Å². The Kier molecular flexibility index (Phi) is 4.60. The van der Waals surface area contributed by atoms with Gasteiger partial charge in [0, 0.05) is 12.1 Å². The molecule has 0 radical (unpaired) electrons. The summed E-state index contributed by atoms with van der Waals surface area (Å²) in [7, 11) is 2.07. The molecule has 0 bridgehead atoms. The van der Waals surface area contributed by atoms with Gasteiger partial charge >= 0.3 is 0 Å². The molecule has 1 N–H and O–H groups in total. The smallest absolute Gasteiger partial charge is 0.229 e. The maximum atomic E-state index is 12.3. The van der Waals surface area contributed by atoms with E-state index in [0.717, 1.165) is 30.8 Å². The van der Waals surface area contributed by atoms with Crippen LogP contribution >= 0.6 is 11.3 Å². The molecular weight excluding hydrogens is 312 g/mol. The minimum absolute atomic E-state index is 0.0323. The summed E-state index contributed by atoms with van der Waals surface area (Å²) in [5.41, 5.74) is 0.912. The molecule has 7 nitrogen and oxygen atoms in total. The Balaban J connectivity index is 1.65. The Morgan fingerprint density at radius 1 is 1.39 bits per heavy atom. The molecule has 2 aromatic rings. The highest BCUT2D eigenvalue weighted by Gasteiger charge is 2.24. The molecule has 118 valence electrons. The van der Waals surface area contributed by atoms with Gasteiger partial charge in [0.15, 0.2) is 10.8 Å². The average molecular weight is 328 g/mol. The summed E-state index contributed by atoms with van der Waals surface area (Å²) < 4.78 is 0. The average Bonchev–Trinajstić information content (AvgIpc) is 3.04. The topological polar surface area (TPSA) is 94.8 Å². The van der Waals surface area contributed by atoms with Crippen LogP contribution < -0.4 is 5.32 Å². The van der Waals surface area contributed by atoms with Crippen LogP contribution in [0.15, 0.2) is 18.3 Å². The number of hydrogen-bond acceptors (Lipinski definition) is 7. The Morgan fingerprint density at radius 2 is 2.17 bits per heavy atom. The number of amides is 1. The van der Waals surface area contributed by atoms with E-state index in [1.807, 2.05) is 6.07 Å². The van der Waals surface area contributed by atoms with Crippen LogP contribution in [-0.2, 0) is 4.79 Å². The number of piperidine rings is 1. The van der Waals surface area contributed by atoms with Crippen molar-refractivity contribution in [1.29, 1.82) is 5.26 Å². The lowest BCUT2D eigenvalue weighted by atomic mass is 9.96. The molecular formula is C15H16N6OS. The normalized spacial score (nSPS) is 16.0. The van der Waals surface area contributed by atoms with Gasteiger partial charge in [-0.15, -0.1) is 10.2 Å². The van der Waals surface area contributed by atoms with E-state index in [0.29, 0.717) is 10.8 Å². The van der Waals surface area contributed by atoms with Crippen LogP contribution in [0.4, 0.5) is 5.13 Å². The van der Waals surface area contributed by atoms with Crippen molar-refractivity contribution in [2.45, 2.75) is 12.8 Å². The predicted octanol–water partition coefficient (Wildman–Crippen LogP) is 1.75. The minimum Gasteiger partial charge on any atom is -0.306 e. The van der Waals surface area contributed by atoms with E-state index in [2.05, 4.69) is 32.4 Å². The molecule has 0 spiro atoms. The van der Waals surface area contributed by atoms with Gasteiger partial charge in [-0.1, -0.05) is 11.3 Å². The number of rotatable bonds is 3. The third-order valence-corrected chi connectivity index (χ3v) is 4.79. The second-order valence-electron chi connectivity index (χ2n) is 5.51. The lowest BCUT2D eigenvalue weighted by Gasteiger charge is -2.27. The molecule has 0 aromatic carbocycles. The van der Waals surface area contributed by atoms with Crippen LogP contribution in [0.1, 0.15) is 18.5 Å². The molecule has 1 amide bonds. The third kappa shape index (κ3) is 3.70. The number of carbonyl (C=O) groups excluding carboxylic acids is 1. The van der Waals surface area contributed by atoms with Gasteiger partial charge in [0.25, 0.3) is 0 Å². The van der Waals surface area contributed by atoms with Crippen LogP contribution in [-0.4, -0.2) is 46.1 Å². The Morgan fingerprint density at radius 3 is 2.83 bits per heavy atom. The zero-order chi connectivity index (χ0) is 16.2. The van der Waals surface area contributed by atoms with Crippen molar-refractivity contribution < 1.29 is 4.79 Å². The number of likely N-dealkylation sites (tertiary alicyclic amines) is 1. The van der Waals surface area contributed by atoms with Crippen molar-refractivity contribution in [1.82, 2.24) is 20.1 Å². The number of aromatic nitrogens is 3. The number of hydrogen-bond donors (Lipinski definition) is 1. The van der Waals surface area contributed by atoms with E-state index in [4.69, 9.17) is 5.26 Å². The lowest BCUT2D eigenvalue weighted by Crippen LogP contribution is -2.35. The van der Waals surface area contributed by atoms with Crippen LogP contribution in [0.2, 0.25) is 0 Å². The first-order valence-corrected chi connectivity index (χ1v) is 8.17. The van der Waals surface area contributed by atoms with Gasteiger partial charge < -0.3 is 10.2 Å². The summed E-state index contributed by atoms with van der Waals surface area (Å²) in [5, 5.41) is 20.0. The summed E-state index contributed by atoms with van der Waals surface area (Å²) in [6.07, 6.45) is 3.41. The third-order valence-electron chi connectivity index (χ3n) is 3.86. The van der Waals surface area contributed by atoms with E-state index in [-0.39, 0.29) is 17.5 Å². The fraction of sp³-hybridized carbons (Fsp3) is 0.400. The van der Waals surface area contributed by atoms with Crippen molar-refractivity contribution >= 4 is 22.4 Å². The zero-order valence-corrected chi connectivity index (χ0v) is 13.5. The van der Waals surface area contributed by atoms with E-state index < -0.39 is 0 Å². The van der Waals surface area contributed by atoms with Crippen molar-refractivity contribution in [3.63, 3.8) is 0 Å². The van der Waals surface area contributed by atoms with Crippen molar-refractivity contribution in [2.24, 2.45) is 5.92 Å². The maximum absolute atomic E-state index is 12.3. The zero-order valence-electron chi connectivity index (χ0n) is 12.7. The summed E-state index contributed by atoms with van der Waals surface area (Å²) >= 11 is 1.35. The standard InChI is InChI=1S/C15H16N6OS/c1-21-6-4-10(5-7-21)14(22)18-15-17-9-13(23-15)12-3-2-11(8-16)19-20-12/h2-3,9-10H,4-7H2,1H3,(H,17,18,22). The summed E-state index contributed by atoms with van der Waals surface area (Å²) in [5.74, 6) is 0.0816. The van der Waals surface area contributed by atoms with Crippen LogP contribution in [0.25, 0.3) is 10.6 Å². The molecule has 3 heterocycles. The molecule has 0 atom stereocenters. The van der Waals surface area contributed by atoms with E-state index in [9.17, 15) is 4.79 Å². The first kappa shape index (κ1) is 15.5. The SMILES string of the molecule is CN1CCC(C(=O)Nc2ncc(-c3ccc(C#N)nn3)s2)CC1. The molecule has 0 aliphatic carbocycles. The minimum atomic E-state index is 0.0323. The van der Waals surface area contributed by atoms with Gasteiger partial charge in [-0.2, -0.15) is 5.26 Å². The molecule has 8 heteroatoms. The van der Waals surface area contributed by atoms with Gasteiger partial charge in [0.1, 0.15) is 11.8 Å². The van der Waals surface area contributed by atoms with Crippen molar-refractivity contribution in [3.8, 4) is 16.6 Å². The quantitative estimate of drug-likeness (QED) is 0.922. The van der Waals surface area contributed by atoms with Gasteiger partial charge in [-0.05, 0) is 45.1 Å². The Labute approximate surface area is 138 Å². The summed E-state index contributed by atoms with van der Waals surface area (Å²) in [6, 6.07) is 5.26. The first-order chi connectivity index (χ1) is 11.2. The van der Waals surface area contributed by atoms with Crippen molar-refractivity contribution in [2.75, 3.05) is 25.5 Å². The van der Waals surface area contributed by atoms with E-state index in [1.165, 1.54) is 11.3 Å². The van der Waals surface area contributed by atoms with Gasteiger partial charge in [0.05, 0.1) is 4.88 Å². The largest absolute Gasteiger partial charge is 0.306 e. The maximum Gasteiger partial charge on any atom is 0.229 e. The Bertz CT molecular complexity index is 727. The molecule has 0 unspecified atom stereocenters. The summed E-state index contributed by atoms with van der Waals surface area (Å²) in [6.45, 7) is 1.89. The fourth-order valence-electron chi connectivity index (χ4n) is 2.45. The number of thiazole rings is 1. The number of nitrogens with one attached hydrogen (secondary N) is 1. The van der Waals surface area contributed by atoms with Crippen molar-refractivity contribution in [3.05, 3.63) is 24.0 Å². The number of carbonyl (C=O) groups is 1. The van der Waals surface area contributed by atoms with Gasteiger partial charge in [-0.25, -0.2) is 4.98 Å². The highest BCUT2D eigenvalue weighted by molar-refractivity contribution is 7.19. The molecule has 1 aliphatic heterocycles. The lowest BCUT2D eigenvalue weighted by molar-refractivity contribution is -0.121. The highest BCUT2D eigenvalue weighted by atomic mass is 32.1. The molecule has 1 fully saturated rings. The van der Waals surface area contributed by atoms with Gasteiger partial charge in [0.2, 0.25) is 5.91 Å². The molecule has 23 heavy (non-hydrogen) atoms. The number of anilines is 1. The summed E-state index contributed by atoms with van der Waals surface area (Å²) in [4.78, 5) is 19.5. The molecule has 1 saturated heterocycles. The second kappa shape index (κ2) is 6.81. The monoisotopic (exact) mass is 328 g/mol. The van der Waals surface area contributed by atoms with Crippen LogP contribution in [0, 0.1) is 17.2 Å². The molecule has 0 saturated carbocycles. The molecule has 1 aliphatic rings. The van der Waals surface area contributed by atoms with Crippen LogP contribution in [0.5, 0.6) is 0 Å². The molecule has 3 rings (SSSR count). The second-order valence-corrected chi connectivity index (χ2v) is 6.54. The highest BCUT2D eigenvalue weighted by Crippen LogP contribution is 2.28. The van der Waals surface area contributed by atoms with Crippen LogP contribution in [0.3, 0.4) is 0 Å². The first-order valence-electron chi connectivity index (χ1n) is 7.35. The number of nitriles is 1. The van der Waals surface area contributed by atoms with Gasteiger partial charge in [-0.3, -0.25) is 4.79 Å². The molecule has 2 aromatic heterocycles.